The smallest absolute Gasteiger partial charge is 0.306 e. The first-order valence-corrected chi connectivity index (χ1v) is 5.08. The Labute approximate surface area is 79.1 Å². The van der Waals surface area contributed by atoms with Gasteiger partial charge >= 0.3 is 5.97 Å². The number of rotatable bonds is 7. The zero-order valence-electron chi connectivity index (χ0n) is 8.16. The number of epoxide rings is 1. The Morgan fingerprint density at radius 3 is 2.77 bits per heavy atom. The van der Waals surface area contributed by atoms with Crippen molar-refractivity contribution in [2.45, 2.75) is 45.1 Å². The highest BCUT2D eigenvalue weighted by Crippen LogP contribution is 2.23. The summed E-state index contributed by atoms with van der Waals surface area (Å²) < 4.78 is 5.03. The van der Waals surface area contributed by atoms with Crippen LogP contribution in [0, 0.1) is 5.92 Å². The van der Waals surface area contributed by atoms with E-state index in [0.717, 1.165) is 32.3 Å². The van der Waals surface area contributed by atoms with Gasteiger partial charge in [-0.25, -0.2) is 0 Å². The first kappa shape index (κ1) is 10.5. The summed E-state index contributed by atoms with van der Waals surface area (Å²) in [5.74, 6) is -0.842. The Morgan fingerprint density at radius 2 is 2.31 bits per heavy atom. The van der Waals surface area contributed by atoms with Gasteiger partial charge in [0.1, 0.15) is 0 Å². The zero-order chi connectivity index (χ0) is 9.68. The van der Waals surface area contributed by atoms with E-state index in [4.69, 9.17) is 9.84 Å². The normalized spacial score (nSPS) is 22.7. The molecule has 0 amide bonds. The first-order valence-electron chi connectivity index (χ1n) is 5.08. The quantitative estimate of drug-likeness (QED) is 0.489. The minimum Gasteiger partial charge on any atom is -0.481 e. The summed E-state index contributed by atoms with van der Waals surface area (Å²) in [7, 11) is 0. The summed E-state index contributed by atoms with van der Waals surface area (Å²) in [5, 5.41) is 8.89. The van der Waals surface area contributed by atoms with Crippen molar-refractivity contribution in [2.24, 2.45) is 5.92 Å². The minimum absolute atomic E-state index is 0.181. The summed E-state index contributed by atoms with van der Waals surface area (Å²) in [6, 6.07) is 0. The molecule has 3 nitrogen and oxygen atoms in total. The predicted molar refractivity (Wildman–Crippen MR) is 49.6 cm³/mol. The van der Waals surface area contributed by atoms with Gasteiger partial charge in [0, 0.05) is 0 Å². The van der Waals surface area contributed by atoms with Crippen molar-refractivity contribution in [3.63, 3.8) is 0 Å². The SMILES string of the molecule is CCCCCC(CC1CO1)C(=O)O. The Bertz CT molecular complexity index is 164. The number of hydrogen-bond donors (Lipinski definition) is 1. The van der Waals surface area contributed by atoms with Crippen LogP contribution >= 0.6 is 0 Å². The largest absolute Gasteiger partial charge is 0.481 e. The second-order valence-corrected chi connectivity index (χ2v) is 3.72. The molecule has 13 heavy (non-hydrogen) atoms. The summed E-state index contributed by atoms with van der Waals surface area (Å²) in [6.45, 7) is 2.89. The molecule has 1 saturated heterocycles. The highest BCUT2D eigenvalue weighted by Gasteiger charge is 2.29. The van der Waals surface area contributed by atoms with Crippen LogP contribution in [-0.2, 0) is 9.53 Å². The molecular weight excluding hydrogens is 168 g/mol. The average Bonchev–Trinajstić information content (AvgIpc) is 2.86. The number of carboxylic acids is 1. The Kier molecular flexibility index (Phi) is 4.22. The van der Waals surface area contributed by atoms with Crippen molar-refractivity contribution in [3.05, 3.63) is 0 Å². The summed E-state index contributed by atoms with van der Waals surface area (Å²) in [4.78, 5) is 10.8. The molecule has 1 N–H and O–H groups in total. The molecule has 76 valence electrons. The maximum Gasteiger partial charge on any atom is 0.306 e. The van der Waals surface area contributed by atoms with Gasteiger partial charge in [-0.1, -0.05) is 26.2 Å². The second kappa shape index (κ2) is 5.22. The van der Waals surface area contributed by atoms with E-state index >= 15 is 0 Å². The monoisotopic (exact) mass is 186 g/mol. The van der Waals surface area contributed by atoms with Gasteiger partial charge in [0.05, 0.1) is 18.6 Å². The fourth-order valence-corrected chi connectivity index (χ4v) is 1.50. The number of ether oxygens (including phenoxy) is 1. The first-order chi connectivity index (χ1) is 6.24. The summed E-state index contributed by atoms with van der Waals surface area (Å²) >= 11 is 0. The molecule has 2 unspecified atom stereocenters. The molecule has 0 aromatic rings. The van der Waals surface area contributed by atoms with Crippen LogP contribution in [0.1, 0.15) is 39.0 Å². The predicted octanol–water partition coefficient (Wildman–Crippen LogP) is 2.06. The van der Waals surface area contributed by atoms with Gasteiger partial charge in [-0.05, 0) is 12.8 Å². The van der Waals surface area contributed by atoms with Gasteiger partial charge in [0.25, 0.3) is 0 Å². The average molecular weight is 186 g/mol. The third-order valence-corrected chi connectivity index (χ3v) is 2.46. The molecule has 1 aliphatic rings. The molecule has 0 spiro atoms. The molecule has 0 saturated carbocycles. The van der Waals surface area contributed by atoms with E-state index in [-0.39, 0.29) is 12.0 Å². The highest BCUT2D eigenvalue weighted by molar-refractivity contribution is 5.69. The Morgan fingerprint density at radius 1 is 1.62 bits per heavy atom. The summed E-state index contributed by atoms with van der Waals surface area (Å²) in [6.07, 6.45) is 5.06. The molecule has 1 fully saturated rings. The van der Waals surface area contributed by atoms with Crippen LogP contribution < -0.4 is 0 Å². The van der Waals surface area contributed by atoms with Crippen LogP contribution in [0.5, 0.6) is 0 Å². The van der Waals surface area contributed by atoms with Crippen LogP contribution in [0.15, 0.2) is 0 Å². The number of carbonyl (C=O) groups is 1. The van der Waals surface area contributed by atoms with Gasteiger partial charge in [-0.2, -0.15) is 0 Å². The van der Waals surface area contributed by atoms with Crippen molar-refractivity contribution in [3.8, 4) is 0 Å². The Balaban J connectivity index is 2.16. The van der Waals surface area contributed by atoms with E-state index in [1.54, 1.807) is 0 Å². The molecule has 0 radical (unpaired) electrons. The summed E-state index contributed by atoms with van der Waals surface area (Å²) in [5.41, 5.74) is 0. The van der Waals surface area contributed by atoms with E-state index in [1.165, 1.54) is 0 Å². The van der Waals surface area contributed by atoms with Crippen molar-refractivity contribution < 1.29 is 14.6 Å². The molecule has 2 atom stereocenters. The fourth-order valence-electron chi connectivity index (χ4n) is 1.50. The van der Waals surface area contributed by atoms with E-state index < -0.39 is 5.97 Å². The fraction of sp³-hybridized carbons (Fsp3) is 0.900. The molecule has 0 aromatic heterocycles. The van der Waals surface area contributed by atoms with E-state index in [1.807, 2.05) is 0 Å². The number of carboxylic acid groups (broad SMARTS) is 1. The van der Waals surface area contributed by atoms with Gasteiger partial charge in [0.15, 0.2) is 0 Å². The standard InChI is InChI=1S/C10H18O3/c1-2-3-4-5-8(10(11)12)6-9-7-13-9/h8-9H,2-7H2,1H3,(H,11,12). The maximum atomic E-state index is 10.8. The van der Waals surface area contributed by atoms with Crippen LogP contribution in [0.3, 0.4) is 0 Å². The van der Waals surface area contributed by atoms with Crippen LogP contribution in [0.25, 0.3) is 0 Å². The van der Waals surface area contributed by atoms with E-state index in [2.05, 4.69) is 6.92 Å². The van der Waals surface area contributed by atoms with Crippen LogP contribution in [-0.4, -0.2) is 23.8 Å². The van der Waals surface area contributed by atoms with Crippen LogP contribution in [0.2, 0.25) is 0 Å². The maximum absolute atomic E-state index is 10.8. The molecule has 1 rings (SSSR count). The van der Waals surface area contributed by atoms with E-state index in [0.29, 0.717) is 6.42 Å². The molecule has 3 heteroatoms. The molecular formula is C10H18O3. The number of hydrogen-bond acceptors (Lipinski definition) is 2. The molecule has 1 heterocycles. The lowest BCUT2D eigenvalue weighted by Crippen LogP contribution is -2.15. The topological polar surface area (TPSA) is 49.8 Å². The third-order valence-electron chi connectivity index (χ3n) is 2.46. The lowest BCUT2D eigenvalue weighted by molar-refractivity contribution is -0.142. The lowest BCUT2D eigenvalue weighted by atomic mass is 9.96. The number of unbranched alkanes of at least 4 members (excludes halogenated alkanes) is 2. The van der Waals surface area contributed by atoms with Gasteiger partial charge in [-0.3, -0.25) is 4.79 Å². The van der Waals surface area contributed by atoms with Crippen molar-refractivity contribution in [2.75, 3.05) is 6.61 Å². The van der Waals surface area contributed by atoms with Crippen LogP contribution in [0.4, 0.5) is 0 Å². The lowest BCUT2D eigenvalue weighted by Gasteiger charge is -2.09. The van der Waals surface area contributed by atoms with Crippen molar-refractivity contribution in [1.82, 2.24) is 0 Å². The number of aliphatic carboxylic acids is 1. The molecule has 0 aliphatic carbocycles. The third kappa shape index (κ3) is 4.27. The van der Waals surface area contributed by atoms with Gasteiger partial charge in [0.2, 0.25) is 0 Å². The van der Waals surface area contributed by atoms with Crippen molar-refractivity contribution >= 4 is 5.97 Å². The second-order valence-electron chi connectivity index (χ2n) is 3.72. The zero-order valence-corrected chi connectivity index (χ0v) is 8.16. The van der Waals surface area contributed by atoms with E-state index in [9.17, 15) is 4.79 Å². The van der Waals surface area contributed by atoms with Gasteiger partial charge in [-0.15, -0.1) is 0 Å². The highest BCUT2D eigenvalue weighted by atomic mass is 16.6. The Hall–Kier alpha value is -0.570. The van der Waals surface area contributed by atoms with Gasteiger partial charge < -0.3 is 9.84 Å². The molecule has 1 aliphatic heterocycles. The van der Waals surface area contributed by atoms with Crippen molar-refractivity contribution in [1.29, 1.82) is 0 Å². The minimum atomic E-state index is -0.661. The molecule has 0 aromatic carbocycles. The molecule has 0 bridgehead atoms.